The molecule has 0 unspecified atom stereocenters. The van der Waals surface area contributed by atoms with Gasteiger partial charge in [-0.1, -0.05) is 41.0 Å². The Morgan fingerprint density at radius 2 is 2.07 bits per heavy atom. The Balaban J connectivity index is 1.87. The summed E-state index contributed by atoms with van der Waals surface area (Å²) in [5, 5.41) is 13.3. The summed E-state index contributed by atoms with van der Waals surface area (Å²) in [5.41, 5.74) is 0.646. The average molecular weight is 481 g/mol. The summed E-state index contributed by atoms with van der Waals surface area (Å²) in [6.07, 6.45) is 2.85. The summed E-state index contributed by atoms with van der Waals surface area (Å²) in [5.74, 6) is 1.34. The third kappa shape index (κ3) is 5.64. The topological polar surface area (TPSA) is 87.7 Å². The Labute approximate surface area is 182 Å². The maximum absolute atomic E-state index is 13.1. The van der Waals surface area contributed by atoms with Crippen LogP contribution in [0.15, 0.2) is 32.6 Å². The molecule has 0 bridgehead atoms. The second-order valence-corrected chi connectivity index (χ2v) is 8.38. The monoisotopic (exact) mass is 480 g/mol. The third-order valence-corrected chi connectivity index (χ3v) is 5.88. The summed E-state index contributed by atoms with van der Waals surface area (Å²) >= 11 is 4.93. The van der Waals surface area contributed by atoms with Crippen molar-refractivity contribution in [1.82, 2.24) is 29.8 Å². The van der Waals surface area contributed by atoms with E-state index in [9.17, 15) is 4.79 Å². The molecule has 2 aromatic heterocycles. The van der Waals surface area contributed by atoms with E-state index in [4.69, 9.17) is 9.72 Å². The molecule has 156 valence electrons. The number of benzene rings is 1. The fourth-order valence-corrected chi connectivity index (χ4v) is 4.21. The highest BCUT2D eigenvalue weighted by molar-refractivity contribution is 9.10. The van der Waals surface area contributed by atoms with Crippen LogP contribution in [0.4, 0.5) is 0 Å². The summed E-state index contributed by atoms with van der Waals surface area (Å²) < 4.78 is 9.86. The number of thioether (sulfide) groups is 1. The highest BCUT2D eigenvalue weighted by Crippen LogP contribution is 2.23. The molecule has 29 heavy (non-hydrogen) atoms. The summed E-state index contributed by atoms with van der Waals surface area (Å²) in [6, 6.07) is 5.58. The molecule has 3 aromatic rings. The summed E-state index contributed by atoms with van der Waals surface area (Å²) in [4.78, 5) is 17.9. The quantitative estimate of drug-likeness (QED) is 0.235. The normalized spacial score (nSPS) is 11.4. The van der Waals surface area contributed by atoms with Crippen LogP contribution in [-0.4, -0.2) is 43.0 Å². The molecule has 1 aromatic carbocycles. The zero-order chi connectivity index (χ0) is 20.6. The van der Waals surface area contributed by atoms with Crippen LogP contribution < -0.4 is 5.56 Å². The second-order valence-electron chi connectivity index (χ2n) is 6.52. The van der Waals surface area contributed by atoms with E-state index in [-0.39, 0.29) is 5.56 Å². The van der Waals surface area contributed by atoms with Gasteiger partial charge in [0.25, 0.3) is 5.56 Å². The van der Waals surface area contributed by atoms with Gasteiger partial charge in [0.15, 0.2) is 11.0 Å². The van der Waals surface area contributed by atoms with E-state index in [2.05, 4.69) is 38.4 Å². The molecule has 0 saturated carbocycles. The lowest BCUT2D eigenvalue weighted by Crippen LogP contribution is -2.24. The second kappa shape index (κ2) is 10.8. The van der Waals surface area contributed by atoms with Crippen molar-refractivity contribution in [1.29, 1.82) is 0 Å². The van der Waals surface area contributed by atoms with Gasteiger partial charge in [-0.2, -0.15) is 0 Å². The van der Waals surface area contributed by atoms with Crippen LogP contribution in [0.3, 0.4) is 0 Å². The van der Waals surface area contributed by atoms with Gasteiger partial charge in [0.2, 0.25) is 0 Å². The lowest BCUT2D eigenvalue weighted by molar-refractivity contribution is 0.140. The molecule has 0 atom stereocenters. The first-order valence-corrected chi connectivity index (χ1v) is 11.6. The van der Waals surface area contributed by atoms with Crippen LogP contribution in [0.25, 0.3) is 10.9 Å². The first-order valence-electron chi connectivity index (χ1n) is 9.79. The number of aromatic nitrogens is 6. The highest BCUT2D eigenvalue weighted by atomic mass is 79.9. The standard InChI is InChI=1S/C19H25BrN6O2S/c1-3-5-10-26-17(22-23-24-26)13-29-19-21-16-8-7-14(20)12-15(16)18(27)25(19)9-6-11-28-4-2/h7-8,12H,3-6,9-11,13H2,1-2H3. The Kier molecular flexibility index (Phi) is 8.19. The van der Waals surface area contributed by atoms with E-state index in [1.165, 1.54) is 11.8 Å². The molecular formula is C19H25BrN6O2S. The van der Waals surface area contributed by atoms with Gasteiger partial charge >= 0.3 is 0 Å². The van der Waals surface area contributed by atoms with Gasteiger partial charge in [0, 0.05) is 30.8 Å². The van der Waals surface area contributed by atoms with Crippen molar-refractivity contribution in [3.63, 3.8) is 0 Å². The molecule has 0 aliphatic heterocycles. The molecule has 8 nitrogen and oxygen atoms in total. The van der Waals surface area contributed by atoms with Crippen molar-refractivity contribution in [2.24, 2.45) is 0 Å². The van der Waals surface area contributed by atoms with Crippen LogP contribution >= 0.6 is 27.7 Å². The zero-order valence-electron chi connectivity index (χ0n) is 16.7. The van der Waals surface area contributed by atoms with Crippen LogP contribution in [0.2, 0.25) is 0 Å². The van der Waals surface area contributed by atoms with Crippen molar-refractivity contribution >= 4 is 38.6 Å². The van der Waals surface area contributed by atoms with Gasteiger partial charge in [-0.3, -0.25) is 9.36 Å². The van der Waals surface area contributed by atoms with Crippen LogP contribution in [-0.2, 0) is 23.6 Å². The molecule has 2 heterocycles. The van der Waals surface area contributed by atoms with Gasteiger partial charge in [0.05, 0.1) is 16.7 Å². The number of hydrogen-bond acceptors (Lipinski definition) is 7. The number of nitrogens with zero attached hydrogens (tertiary/aromatic N) is 6. The maximum atomic E-state index is 13.1. The highest BCUT2D eigenvalue weighted by Gasteiger charge is 2.14. The van der Waals surface area contributed by atoms with Crippen molar-refractivity contribution in [3.8, 4) is 0 Å². The maximum Gasteiger partial charge on any atom is 0.262 e. The van der Waals surface area contributed by atoms with Crippen molar-refractivity contribution in [2.45, 2.75) is 57.1 Å². The van der Waals surface area contributed by atoms with E-state index in [0.29, 0.717) is 41.6 Å². The zero-order valence-corrected chi connectivity index (χ0v) is 19.1. The molecule has 0 saturated heterocycles. The molecule has 0 aliphatic carbocycles. The van der Waals surface area contributed by atoms with E-state index >= 15 is 0 Å². The minimum Gasteiger partial charge on any atom is -0.382 e. The smallest absolute Gasteiger partial charge is 0.262 e. The fourth-order valence-electron chi connectivity index (χ4n) is 2.89. The Morgan fingerprint density at radius 3 is 2.86 bits per heavy atom. The number of tetrazole rings is 1. The summed E-state index contributed by atoms with van der Waals surface area (Å²) in [7, 11) is 0. The van der Waals surface area contributed by atoms with Gasteiger partial charge in [-0.15, -0.1) is 5.10 Å². The van der Waals surface area contributed by atoms with Crippen molar-refractivity contribution < 1.29 is 4.74 Å². The molecule has 0 spiro atoms. The van der Waals surface area contributed by atoms with Gasteiger partial charge in [0.1, 0.15) is 0 Å². The molecular weight excluding hydrogens is 456 g/mol. The number of halogens is 1. The molecule has 0 amide bonds. The van der Waals surface area contributed by atoms with Gasteiger partial charge in [-0.25, -0.2) is 9.67 Å². The Morgan fingerprint density at radius 1 is 1.21 bits per heavy atom. The number of ether oxygens (including phenoxy) is 1. The molecule has 0 aliphatic rings. The van der Waals surface area contributed by atoms with Crippen molar-refractivity contribution in [3.05, 3.63) is 38.9 Å². The predicted octanol–water partition coefficient (Wildman–Crippen LogP) is 3.66. The van der Waals surface area contributed by atoms with Crippen LogP contribution in [0, 0.1) is 0 Å². The lowest BCUT2D eigenvalue weighted by Gasteiger charge is -2.13. The molecule has 0 fully saturated rings. The van der Waals surface area contributed by atoms with E-state index in [0.717, 1.165) is 36.1 Å². The van der Waals surface area contributed by atoms with E-state index < -0.39 is 0 Å². The third-order valence-electron chi connectivity index (χ3n) is 4.42. The molecule has 10 heteroatoms. The van der Waals surface area contributed by atoms with E-state index in [1.54, 1.807) is 4.57 Å². The Bertz CT molecular complexity index is 1010. The van der Waals surface area contributed by atoms with Crippen LogP contribution in [0.1, 0.15) is 38.9 Å². The number of hydrogen-bond donors (Lipinski definition) is 0. The SMILES string of the molecule is CCCCn1nnnc1CSc1nc2ccc(Br)cc2c(=O)n1CCCOCC. The first-order chi connectivity index (χ1) is 14.1. The molecule has 0 radical (unpaired) electrons. The Hall–Kier alpha value is -1.78. The minimum absolute atomic E-state index is 0.0409. The lowest BCUT2D eigenvalue weighted by atomic mass is 10.2. The summed E-state index contributed by atoms with van der Waals surface area (Å²) in [6.45, 7) is 6.72. The van der Waals surface area contributed by atoms with Crippen LogP contribution in [0.5, 0.6) is 0 Å². The molecule has 3 rings (SSSR count). The average Bonchev–Trinajstić information content (AvgIpc) is 3.17. The van der Waals surface area contributed by atoms with E-state index in [1.807, 2.05) is 29.8 Å². The predicted molar refractivity (Wildman–Crippen MR) is 117 cm³/mol. The first kappa shape index (κ1) is 21.9. The number of fused-ring (bicyclic) bond motifs is 1. The minimum atomic E-state index is -0.0409. The number of rotatable bonds is 11. The fraction of sp³-hybridized carbons (Fsp3) is 0.526. The van der Waals surface area contributed by atoms with Gasteiger partial charge in [-0.05, 0) is 48.4 Å². The number of unbranched alkanes of at least 4 members (excludes halogenated alkanes) is 1. The van der Waals surface area contributed by atoms with Gasteiger partial charge < -0.3 is 4.74 Å². The number of aryl methyl sites for hydroxylation is 1. The largest absolute Gasteiger partial charge is 0.382 e. The molecule has 0 N–H and O–H groups in total. The van der Waals surface area contributed by atoms with Crippen molar-refractivity contribution in [2.75, 3.05) is 13.2 Å².